The maximum absolute atomic E-state index is 5.42. The van der Waals surface area contributed by atoms with Gasteiger partial charge in [-0.15, -0.1) is 0 Å². The molecule has 1 N–H and O–H groups in total. The first-order valence-electron chi connectivity index (χ1n) is 6.27. The summed E-state index contributed by atoms with van der Waals surface area (Å²) in [4.78, 5) is 2.64. The molecule has 0 aromatic rings. The standard InChI is InChI=1S/C12H24N2O/c1-13-10-3-5-11(6-4-10)14-8-7-12(9-14)15-2/h10-13H,3-9H2,1-2H3. The average molecular weight is 212 g/mol. The molecule has 3 heteroatoms. The number of likely N-dealkylation sites (tertiary alicyclic amines) is 1. The predicted octanol–water partition coefficient (Wildman–Crippen LogP) is 1.24. The Morgan fingerprint density at radius 1 is 1.13 bits per heavy atom. The van der Waals surface area contributed by atoms with E-state index < -0.39 is 0 Å². The van der Waals surface area contributed by atoms with Crippen molar-refractivity contribution in [3.8, 4) is 0 Å². The van der Waals surface area contributed by atoms with E-state index in [9.17, 15) is 0 Å². The molecule has 1 saturated heterocycles. The van der Waals surface area contributed by atoms with E-state index in [-0.39, 0.29) is 0 Å². The zero-order valence-corrected chi connectivity index (χ0v) is 10.0. The number of methoxy groups -OCH3 is 1. The third-order valence-electron chi connectivity index (χ3n) is 4.13. The van der Waals surface area contributed by atoms with Crippen molar-refractivity contribution in [3.63, 3.8) is 0 Å². The van der Waals surface area contributed by atoms with Crippen LogP contribution in [0, 0.1) is 0 Å². The maximum Gasteiger partial charge on any atom is 0.0710 e. The highest BCUT2D eigenvalue weighted by molar-refractivity contribution is 4.86. The van der Waals surface area contributed by atoms with Crippen LogP contribution in [0.25, 0.3) is 0 Å². The fourth-order valence-corrected chi connectivity index (χ4v) is 3.01. The lowest BCUT2D eigenvalue weighted by molar-refractivity contribution is 0.0935. The fourth-order valence-electron chi connectivity index (χ4n) is 3.01. The second-order valence-corrected chi connectivity index (χ2v) is 4.94. The van der Waals surface area contributed by atoms with Gasteiger partial charge in [-0.3, -0.25) is 4.90 Å². The largest absolute Gasteiger partial charge is 0.380 e. The van der Waals surface area contributed by atoms with Crippen molar-refractivity contribution in [2.24, 2.45) is 0 Å². The van der Waals surface area contributed by atoms with Gasteiger partial charge >= 0.3 is 0 Å². The van der Waals surface area contributed by atoms with Crippen LogP contribution in [0.1, 0.15) is 32.1 Å². The van der Waals surface area contributed by atoms with Gasteiger partial charge in [0.2, 0.25) is 0 Å². The molecule has 88 valence electrons. The van der Waals surface area contributed by atoms with Gasteiger partial charge in [-0.2, -0.15) is 0 Å². The summed E-state index contributed by atoms with van der Waals surface area (Å²) in [6.45, 7) is 2.40. The van der Waals surface area contributed by atoms with Gasteiger partial charge in [0.05, 0.1) is 6.10 Å². The minimum atomic E-state index is 0.493. The fraction of sp³-hybridized carbons (Fsp3) is 1.00. The van der Waals surface area contributed by atoms with Gasteiger partial charge in [-0.05, 0) is 39.2 Å². The molecule has 3 nitrogen and oxygen atoms in total. The zero-order chi connectivity index (χ0) is 10.7. The SMILES string of the molecule is CNC1CCC(N2CCC(OC)C2)CC1. The molecule has 0 spiro atoms. The molecule has 1 heterocycles. The summed E-state index contributed by atoms with van der Waals surface area (Å²) in [7, 11) is 3.92. The van der Waals surface area contributed by atoms with Crippen molar-refractivity contribution in [2.75, 3.05) is 27.2 Å². The van der Waals surface area contributed by atoms with Crippen molar-refractivity contribution in [1.29, 1.82) is 0 Å². The van der Waals surface area contributed by atoms with Gasteiger partial charge in [-0.1, -0.05) is 0 Å². The number of hydrogen-bond donors (Lipinski definition) is 1. The molecule has 15 heavy (non-hydrogen) atoms. The molecule has 1 saturated carbocycles. The summed E-state index contributed by atoms with van der Waals surface area (Å²) >= 11 is 0. The van der Waals surface area contributed by atoms with Crippen LogP contribution in [-0.4, -0.2) is 50.3 Å². The molecular formula is C12H24N2O. The monoisotopic (exact) mass is 212 g/mol. The third kappa shape index (κ3) is 2.71. The zero-order valence-electron chi connectivity index (χ0n) is 10.0. The first kappa shape index (κ1) is 11.4. The van der Waals surface area contributed by atoms with Crippen molar-refractivity contribution in [3.05, 3.63) is 0 Å². The highest BCUT2D eigenvalue weighted by Gasteiger charge is 2.30. The minimum Gasteiger partial charge on any atom is -0.380 e. The Labute approximate surface area is 93.2 Å². The van der Waals surface area contributed by atoms with Crippen LogP contribution in [0.4, 0.5) is 0 Å². The lowest BCUT2D eigenvalue weighted by atomic mass is 9.90. The van der Waals surface area contributed by atoms with E-state index in [0.29, 0.717) is 6.10 Å². The summed E-state index contributed by atoms with van der Waals surface area (Å²) in [6, 6.07) is 1.59. The Bertz CT molecular complexity index is 190. The van der Waals surface area contributed by atoms with Gasteiger partial charge in [0.15, 0.2) is 0 Å². The molecule has 0 aromatic heterocycles. The van der Waals surface area contributed by atoms with Crippen molar-refractivity contribution in [2.45, 2.75) is 50.3 Å². The van der Waals surface area contributed by atoms with Gasteiger partial charge in [-0.25, -0.2) is 0 Å². The Kier molecular flexibility index (Phi) is 4.00. The number of hydrogen-bond acceptors (Lipinski definition) is 3. The molecule has 1 aliphatic heterocycles. The van der Waals surface area contributed by atoms with Crippen LogP contribution >= 0.6 is 0 Å². The molecule has 0 radical (unpaired) electrons. The van der Waals surface area contributed by atoms with Crippen LogP contribution in [-0.2, 0) is 4.74 Å². The van der Waals surface area contributed by atoms with Gasteiger partial charge in [0.1, 0.15) is 0 Å². The average Bonchev–Trinajstić information content (AvgIpc) is 2.78. The van der Waals surface area contributed by atoms with E-state index in [0.717, 1.165) is 18.6 Å². The number of rotatable bonds is 3. The molecule has 0 aromatic carbocycles. The quantitative estimate of drug-likeness (QED) is 0.762. The van der Waals surface area contributed by atoms with Crippen LogP contribution < -0.4 is 5.32 Å². The van der Waals surface area contributed by atoms with Crippen LogP contribution in [0.15, 0.2) is 0 Å². The number of ether oxygens (including phenoxy) is 1. The predicted molar refractivity (Wildman–Crippen MR) is 62.1 cm³/mol. The van der Waals surface area contributed by atoms with E-state index in [1.54, 1.807) is 0 Å². The second-order valence-electron chi connectivity index (χ2n) is 4.94. The molecule has 2 rings (SSSR count). The molecule has 1 aliphatic carbocycles. The van der Waals surface area contributed by atoms with Crippen molar-refractivity contribution < 1.29 is 4.74 Å². The second kappa shape index (κ2) is 5.28. The van der Waals surface area contributed by atoms with E-state index in [2.05, 4.69) is 17.3 Å². The van der Waals surface area contributed by atoms with Gasteiger partial charge in [0, 0.05) is 32.3 Å². The van der Waals surface area contributed by atoms with Crippen LogP contribution in [0.5, 0.6) is 0 Å². The van der Waals surface area contributed by atoms with Crippen molar-refractivity contribution in [1.82, 2.24) is 10.2 Å². The van der Waals surface area contributed by atoms with Crippen molar-refractivity contribution >= 4 is 0 Å². The lowest BCUT2D eigenvalue weighted by Crippen LogP contribution is -2.41. The normalized spacial score (nSPS) is 38.4. The Morgan fingerprint density at radius 3 is 2.40 bits per heavy atom. The highest BCUT2D eigenvalue weighted by Crippen LogP contribution is 2.26. The van der Waals surface area contributed by atoms with Crippen LogP contribution in [0.2, 0.25) is 0 Å². The Hall–Kier alpha value is -0.120. The molecular weight excluding hydrogens is 188 g/mol. The summed E-state index contributed by atoms with van der Waals surface area (Å²) in [6.07, 6.45) is 7.13. The molecule has 1 atom stereocenters. The number of nitrogens with one attached hydrogen (secondary N) is 1. The topological polar surface area (TPSA) is 24.5 Å². The minimum absolute atomic E-state index is 0.493. The van der Waals surface area contributed by atoms with E-state index in [1.807, 2.05) is 7.11 Å². The molecule has 0 amide bonds. The maximum atomic E-state index is 5.42. The summed E-state index contributed by atoms with van der Waals surface area (Å²) in [5.41, 5.74) is 0. The molecule has 1 unspecified atom stereocenters. The van der Waals surface area contributed by atoms with E-state index >= 15 is 0 Å². The summed E-state index contributed by atoms with van der Waals surface area (Å²) < 4.78 is 5.42. The molecule has 2 aliphatic rings. The number of nitrogens with zero attached hydrogens (tertiary/aromatic N) is 1. The van der Waals surface area contributed by atoms with Gasteiger partial charge in [0.25, 0.3) is 0 Å². The smallest absolute Gasteiger partial charge is 0.0710 e. The van der Waals surface area contributed by atoms with Crippen LogP contribution in [0.3, 0.4) is 0 Å². The summed E-state index contributed by atoms with van der Waals surface area (Å²) in [5, 5.41) is 3.39. The molecule has 0 bridgehead atoms. The lowest BCUT2D eigenvalue weighted by Gasteiger charge is -2.34. The first-order valence-corrected chi connectivity index (χ1v) is 6.27. The third-order valence-corrected chi connectivity index (χ3v) is 4.13. The van der Waals surface area contributed by atoms with E-state index in [4.69, 9.17) is 4.74 Å². The highest BCUT2D eigenvalue weighted by atomic mass is 16.5. The first-order chi connectivity index (χ1) is 7.33. The molecule has 2 fully saturated rings. The Balaban J connectivity index is 1.76. The Morgan fingerprint density at radius 2 is 1.87 bits per heavy atom. The van der Waals surface area contributed by atoms with Gasteiger partial charge < -0.3 is 10.1 Å². The summed E-state index contributed by atoms with van der Waals surface area (Å²) in [5.74, 6) is 0. The van der Waals surface area contributed by atoms with E-state index in [1.165, 1.54) is 38.6 Å².